The molecule has 132 valence electrons. The van der Waals surface area contributed by atoms with E-state index in [1.807, 2.05) is 0 Å². The fraction of sp³-hybridized carbons (Fsp3) is 0.857. The third kappa shape index (κ3) is 3.10. The first-order chi connectivity index (χ1) is 10.5. The Labute approximate surface area is 142 Å². The molecule has 1 N–H and O–H groups in total. The molecule has 0 aromatic rings. The molecule has 2 fully saturated rings. The molecule has 0 amide bonds. The molecule has 4 atom stereocenters. The third-order valence-electron chi connectivity index (χ3n) is 7.93. The second-order valence-corrected chi connectivity index (χ2v) is 9.48. The molecule has 2 aliphatic carbocycles. The van der Waals surface area contributed by atoms with E-state index in [0.717, 1.165) is 19.3 Å². The van der Waals surface area contributed by atoms with Crippen molar-refractivity contribution in [2.75, 3.05) is 0 Å². The maximum atomic E-state index is 10.9. The molecular weight excluding hydrogens is 284 g/mol. The lowest BCUT2D eigenvalue weighted by molar-refractivity contribution is -0.139. The van der Waals surface area contributed by atoms with Gasteiger partial charge >= 0.3 is 5.97 Å². The van der Waals surface area contributed by atoms with E-state index >= 15 is 0 Å². The number of allylic oxidation sites excluding steroid dienone is 1. The number of rotatable bonds is 5. The van der Waals surface area contributed by atoms with Crippen LogP contribution in [0.4, 0.5) is 0 Å². The topological polar surface area (TPSA) is 37.3 Å². The third-order valence-corrected chi connectivity index (χ3v) is 7.93. The van der Waals surface area contributed by atoms with Crippen LogP contribution in [0, 0.1) is 28.1 Å². The van der Waals surface area contributed by atoms with Crippen molar-refractivity contribution in [1.29, 1.82) is 0 Å². The summed E-state index contributed by atoms with van der Waals surface area (Å²) in [7, 11) is 0. The number of carboxylic acid groups (broad SMARTS) is 1. The Hall–Kier alpha value is -0.790. The number of aliphatic carboxylic acids is 1. The van der Waals surface area contributed by atoms with Crippen molar-refractivity contribution in [3.63, 3.8) is 0 Å². The van der Waals surface area contributed by atoms with Gasteiger partial charge in [0.2, 0.25) is 0 Å². The molecule has 2 rings (SSSR count). The van der Waals surface area contributed by atoms with Gasteiger partial charge in [-0.3, -0.25) is 4.79 Å². The minimum absolute atomic E-state index is 0.258. The van der Waals surface area contributed by atoms with Crippen LogP contribution >= 0.6 is 0 Å². The van der Waals surface area contributed by atoms with Gasteiger partial charge in [-0.05, 0) is 66.6 Å². The first kappa shape index (κ1) is 18.5. The first-order valence-corrected chi connectivity index (χ1v) is 9.43. The van der Waals surface area contributed by atoms with Gasteiger partial charge in [0, 0.05) is 6.42 Å². The van der Waals surface area contributed by atoms with E-state index in [2.05, 4.69) is 41.2 Å². The van der Waals surface area contributed by atoms with E-state index in [9.17, 15) is 4.79 Å². The maximum absolute atomic E-state index is 10.9. The van der Waals surface area contributed by atoms with Crippen molar-refractivity contribution in [2.24, 2.45) is 28.1 Å². The number of fused-ring (bicyclic) bond motifs is 1. The normalized spacial score (nSPS) is 38.0. The average Bonchev–Trinajstić information content (AvgIpc) is 2.41. The fourth-order valence-electron chi connectivity index (χ4n) is 5.81. The van der Waals surface area contributed by atoms with Crippen molar-refractivity contribution in [3.8, 4) is 0 Å². The van der Waals surface area contributed by atoms with Crippen molar-refractivity contribution in [2.45, 2.75) is 86.0 Å². The molecule has 0 radical (unpaired) electrons. The molecule has 2 nitrogen and oxygen atoms in total. The van der Waals surface area contributed by atoms with E-state index in [1.165, 1.54) is 31.3 Å². The molecule has 0 bridgehead atoms. The highest BCUT2D eigenvalue weighted by Crippen LogP contribution is 2.69. The van der Waals surface area contributed by atoms with Gasteiger partial charge < -0.3 is 5.11 Å². The molecule has 1 unspecified atom stereocenters. The predicted octanol–water partition coefficient (Wildman–Crippen LogP) is 6.07. The largest absolute Gasteiger partial charge is 0.481 e. The minimum Gasteiger partial charge on any atom is -0.481 e. The van der Waals surface area contributed by atoms with Gasteiger partial charge in [0.1, 0.15) is 0 Å². The van der Waals surface area contributed by atoms with Crippen molar-refractivity contribution in [1.82, 2.24) is 0 Å². The summed E-state index contributed by atoms with van der Waals surface area (Å²) >= 11 is 0. The SMILES string of the molecule is C=C1CC[C@@]2(C)C(C)(C)CCC[C@]2(C)[C@H]1CCC(C)CC(=O)O. The minimum atomic E-state index is -0.671. The molecule has 2 saturated carbocycles. The van der Waals surface area contributed by atoms with Gasteiger partial charge in [0.05, 0.1) is 0 Å². The van der Waals surface area contributed by atoms with Crippen molar-refractivity contribution in [3.05, 3.63) is 12.2 Å². The highest BCUT2D eigenvalue weighted by atomic mass is 16.4. The van der Waals surface area contributed by atoms with Crippen LogP contribution in [-0.4, -0.2) is 11.1 Å². The molecular formula is C21H36O2. The fourth-order valence-corrected chi connectivity index (χ4v) is 5.81. The molecule has 23 heavy (non-hydrogen) atoms. The van der Waals surface area contributed by atoms with Crippen molar-refractivity contribution < 1.29 is 9.90 Å². The average molecular weight is 321 g/mol. The van der Waals surface area contributed by atoms with Gasteiger partial charge in [0.15, 0.2) is 0 Å². The van der Waals surface area contributed by atoms with Crippen LogP contribution in [0.1, 0.15) is 86.0 Å². The van der Waals surface area contributed by atoms with Gasteiger partial charge in [-0.15, -0.1) is 0 Å². The van der Waals surface area contributed by atoms with Crippen LogP contribution < -0.4 is 0 Å². The van der Waals surface area contributed by atoms with E-state index in [4.69, 9.17) is 5.11 Å². The number of hydrogen-bond acceptors (Lipinski definition) is 1. The number of carbonyl (C=O) groups is 1. The molecule has 2 heteroatoms. The molecule has 0 heterocycles. The quantitative estimate of drug-likeness (QED) is 0.624. The van der Waals surface area contributed by atoms with Crippen LogP contribution in [0.25, 0.3) is 0 Å². The van der Waals surface area contributed by atoms with Crippen LogP contribution in [0.5, 0.6) is 0 Å². The van der Waals surface area contributed by atoms with E-state index in [-0.39, 0.29) is 5.92 Å². The molecule has 0 aliphatic heterocycles. The van der Waals surface area contributed by atoms with Gasteiger partial charge in [-0.2, -0.15) is 0 Å². The van der Waals surface area contributed by atoms with E-state index < -0.39 is 5.97 Å². The maximum Gasteiger partial charge on any atom is 0.303 e. The summed E-state index contributed by atoms with van der Waals surface area (Å²) in [6.45, 7) is 16.5. The lowest BCUT2D eigenvalue weighted by atomic mass is 9.39. The molecule has 0 aromatic heterocycles. The standard InChI is InChI=1S/C21H36O2/c1-15(14-18(22)23)8-9-17-16(2)10-13-21(6)19(3,4)11-7-12-20(17,21)5/h15,17H,2,7-14H2,1,3-6H3,(H,22,23)/t15?,17-,20+,21-/m0/s1. The van der Waals surface area contributed by atoms with Gasteiger partial charge in [-0.1, -0.05) is 53.2 Å². The Morgan fingerprint density at radius 1 is 1.26 bits per heavy atom. The Balaban J connectivity index is 2.20. The van der Waals surface area contributed by atoms with Crippen LogP contribution in [0.3, 0.4) is 0 Å². The monoisotopic (exact) mass is 320 g/mol. The van der Waals surface area contributed by atoms with E-state index in [0.29, 0.717) is 28.6 Å². The molecule has 2 aliphatic rings. The number of hydrogen-bond donors (Lipinski definition) is 1. The van der Waals surface area contributed by atoms with E-state index in [1.54, 1.807) is 0 Å². The number of carboxylic acids is 1. The zero-order valence-electron chi connectivity index (χ0n) is 15.9. The smallest absolute Gasteiger partial charge is 0.303 e. The summed E-state index contributed by atoms with van der Waals surface area (Å²) in [6, 6.07) is 0. The first-order valence-electron chi connectivity index (χ1n) is 9.43. The Morgan fingerprint density at radius 3 is 2.52 bits per heavy atom. The Morgan fingerprint density at radius 2 is 1.91 bits per heavy atom. The Kier molecular flexibility index (Phi) is 5.05. The summed E-state index contributed by atoms with van der Waals surface area (Å²) in [5.74, 6) is 0.139. The van der Waals surface area contributed by atoms with Crippen LogP contribution in [-0.2, 0) is 4.79 Å². The van der Waals surface area contributed by atoms with Crippen LogP contribution in [0.15, 0.2) is 12.2 Å². The zero-order chi connectivity index (χ0) is 17.5. The molecule has 0 saturated heterocycles. The second-order valence-electron chi connectivity index (χ2n) is 9.48. The van der Waals surface area contributed by atoms with Gasteiger partial charge in [0.25, 0.3) is 0 Å². The molecule has 0 aromatic carbocycles. The zero-order valence-corrected chi connectivity index (χ0v) is 15.9. The summed E-state index contributed by atoms with van der Waals surface area (Å²) in [5.41, 5.74) is 2.48. The predicted molar refractivity (Wildman–Crippen MR) is 96.4 cm³/mol. The summed E-state index contributed by atoms with van der Waals surface area (Å²) in [5, 5.41) is 9.00. The van der Waals surface area contributed by atoms with Crippen LogP contribution in [0.2, 0.25) is 0 Å². The second kappa shape index (κ2) is 6.26. The summed E-state index contributed by atoms with van der Waals surface area (Å²) in [4.78, 5) is 10.9. The highest BCUT2D eigenvalue weighted by Gasteiger charge is 2.60. The van der Waals surface area contributed by atoms with Crippen molar-refractivity contribution >= 4 is 5.97 Å². The lowest BCUT2D eigenvalue weighted by Gasteiger charge is -2.65. The molecule has 0 spiro atoms. The van der Waals surface area contributed by atoms with Gasteiger partial charge in [-0.25, -0.2) is 0 Å². The lowest BCUT2D eigenvalue weighted by Crippen LogP contribution is -2.57. The highest BCUT2D eigenvalue weighted by molar-refractivity contribution is 5.66. The summed E-state index contributed by atoms with van der Waals surface area (Å²) < 4.78 is 0. The summed E-state index contributed by atoms with van der Waals surface area (Å²) in [6.07, 6.45) is 8.74. The Bertz CT molecular complexity index is 478.